The summed E-state index contributed by atoms with van der Waals surface area (Å²) >= 11 is 0. The molecule has 28 heavy (non-hydrogen) atoms. The Kier molecular flexibility index (Phi) is 8.45. The van der Waals surface area contributed by atoms with Gasteiger partial charge < -0.3 is 4.74 Å². The Balaban J connectivity index is 1.87. The highest BCUT2D eigenvalue weighted by Crippen LogP contribution is 2.05. The number of hydrazine groups is 2. The lowest BCUT2D eigenvalue weighted by Gasteiger charge is -2.25. The van der Waals surface area contributed by atoms with Crippen LogP contribution in [0.5, 0.6) is 0 Å². The van der Waals surface area contributed by atoms with Crippen LogP contribution >= 0.6 is 0 Å². The predicted octanol–water partition coefficient (Wildman–Crippen LogP) is 2.69. The van der Waals surface area contributed by atoms with Crippen LogP contribution in [0.3, 0.4) is 0 Å². The lowest BCUT2D eigenvalue weighted by atomic mass is 10.2. The summed E-state index contributed by atoms with van der Waals surface area (Å²) in [5, 5.41) is 2.60. The highest BCUT2D eigenvalue weighted by Gasteiger charge is 2.20. The molecule has 0 bridgehead atoms. The van der Waals surface area contributed by atoms with Crippen LogP contribution in [0.4, 0.5) is 4.79 Å². The van der Waals surface area contributed by atoms with Gasteiger partial charge in [0.25, 0.3) is 5.91 Å². The molecule has 2 aromatic rings. The van der Waals surface area contributed by atoms with Crippen molar-refractivity contribution >= 4 is 12.0 Å². The zero-order valence-electron chi connectivity index (χ0n) is 16.4. The summed E-state index contributed by atoms with van der Waals surface area (Å²) in [5.74, 6) is 5.71. The number of carbonyl (C=O) groups is 2. The Bertz CT molecular complexity index is 738. The first-order chi connectivity index (χ1) is 13.4. The van der Waals surface area contributed by atoms with Crippen molar-refractivity contribution in [2.24, 2.45) is 11.8 Å². The molecule has 0 atom stereocenters. The molecule has 0 aliphatic carbocycles. The molecule has 0 radical (unpaired) electrons. The van der Waals surface area contributed by atoms with Gasteiger partial charge in [-0.25, -0.2) is 14.8 Å². The highest BCUT2D eigenvalue weighted by molar-refractivity contribution is 5.80. The van der Waals surface area contributed by atoms with Crippen LogP contribution in [0.2, 0.25) is 0 Å². The lowest BCUT2D eigenvalue weighted by Crippen LogP contribution is -2.51. The van der Waals surface area contributed by atoms with Gasteiger partial charge in [0.1, 0.15) is 6.61 Å². The maximum atomic E-state index is 12.4. The molecule has 3 N–H and O–H groups in total. The first-order valence-electron chi connectivity index (χ1n) is 9.25. The van der Waals surface area contributed by atoms with Crippen molar-refractivity contribution in [3.63, 3.8) is 0 Å². The summed E-state index contributed by atoms with van der Waals surface area (Å²) in [5.41, 5.74) is 4.48. The number of carbonyl (C=O) groups excluding carboxylic acids is 2. The Morgan fingerprint density at radius 2 is 1.57 bits per heavy atom. The second-order valence-electron chi connectivity index (χ2n) is 6.97. The van der Waals surface area contributed by atoms with Gasteiger partial charge in [-0.3, -0.25) is 16.1 Å². The number of nitrogens with one attached hydrogen (secondary N) is 1. The molecule has 7 nitrogen and oxygen atoms in total. The number of nitrogens with zero attached hydrogens (tertiary/aromatic N) is 2. The molecule has 0 aliphatic rings. The van der Waals surface area contributed by atoms with E-state index in [0.717, 1.165) is 11.1 Å². The predicted molar refractivity (Wildman–Crippen MR) is 107 cm³/mol. The Morgan fingerprint density at radius 1 is 1.00 bits per heavy atom. The third-order valence-corrected chi connectivity index (χ3v) is 3.81. The van der Waals surface area contributed by atoms with Crippen LogP contribution in [0.1, 0.15) is 25.0 Å². The minimum absolute atomic E-state index is 0.0462. The van der Waals surface area contributed by atoms with E-state index in [0.29, 0.717) is 13.1 Å². The first-order valence-corrected chi connectivity index (χ1v) is 9.25. The third-order valence-electron chi connectivity index (χ3n) is 3.81. The molecule has 0 unspecified atom stereocenters. The summed E-state index contributed by atoms with van der Waals surface area (Å²) in [7, 11) is 0. The monoisotopic (exact) mass is 384 g/mol. The quantitative estimate of drug-likeness (QED) is 0.540. The SMILES string of the molecule is CC(C)CN(NC(=O)CN(N)Cc1ccccc1)C(=O)OCc1ccccc1. The summed E-state index contributed by atoms with van der Waals surface area (Å²) in [6.45, 7) is 4.76. The molecular weight excluding hydrogens is 356 g/mol. The van der Waals surface area contributed by atoms with Crippen molar-refractivity contribution in [3.05, 3.63) is 71.8 Å². The average molecular weight is 384 g/mol. The molecule has 150 valence electrons. The number of ether oxygens (including phenoxy) is 1. The summed E-state index contributed by atoms with van der Waals surface area (Å²) in [6.07, 6.45) is -0.600. The minimum Gasteiger partial charge on any atom is -0.443 e. The van der Waals surface area contributed by atoms with E-state index in [-0.39, 0.29) is 25.0 Å². The number of hydrogen-bond donors (Lipinski definition) is 2. The van der Waals surface area contributed by atoms with Crippen molar-refractivity contribution in [1.29, 1.82) is 0 Å². The van der Waals surface area contributed by atoms with Gasteiger partial charge in [-0.1, -0.05) is 74.5 Å². The van der Waals surface area contributed by atoms with Gasteiger partial charge in [-0.2, -0.15) is 0 Å². The fourth-order valence-corrected chi connectivity index (χ4v) is 2.57. The van der Waals surface area contributed by atoms with Gasteiger partial charge in [0, 0.05) is 13.1 Å². The molecule has 0 saturated carbocycles. The third kappa shape index (κ3) is 7.77. The highest BCUT2D eigenvalue weighted by atomic mass is 16.6. The van der Waals surface area contributed by atoms with E-state index in [1.807, 2.05) is 74.5 Å². The van der Waals surface area contributed by atoms with Crippen LogP contribution in [-0.4, -0.2) is 35.1 Å². The van der Waals surface area contributed by atoms with Crippen molar-refractivity contribution in [3.8, 4) is 0 Å². The van der Waals surface area contributed by atoms with Gasteiger partial charge in [-0.15, -0.1) is 0 Å². The molecule has 0 aromatic heterocycles. The van der Waals surface area contributed by atoms with Crippen LogP contribution in [0.25, 0.3) is 0 Å². The van der Waals surface area contributed by atoms with E-state index in [9.17, 15) is 9.59 Å². The standard InChI is InChI=1S/C21H28N4O3/c1-17(2)13-25(21(27)28-16-19-11-7-4-8-12-19)23-20(26)15-24(22)14-18-9-5-3-6-10-18/h3-12,17H,13-16,22H2,1-2H3,(H,23,26). The van der Waals surface area contributed by atoms with Crippen LogP contribution in [0.15, 0.2) is 60.7 Å². The van der Waals surface area contributed by atoms with E-state index >= 15 is 0 Å². The normalized spacial score (nSPS) is 10.8. The molecule has 7 heteroatoms. The molecule has 0 heterocycles. The number of hydrogen-bond acceptors (Lipinski definition) is 5. The molecule has 0 fully saturated rings. The fraction of sp³-hybridized carbons (Fsp3) is 0.333. The second kappa shape index (κ2) is 11.1. The van der Waals surface area contributed by atoms with E-state index < -0.39 is 6.09 Å². The molecule has 0 spiro atoms. The maximum Gasteiger partial charge on any atom is 0.429 e. The average Bonchev–Trinajstić information content (AvgIpc) is 2.66. The summed E-state index contributed by atoms with van der Waals surface area (Å²) in [6, 6.07) is 19.0. The lowest BCUT2D eigenvalue weighted by molar-refractivity contribution is -0.127. The van der Waals surface area contributed by atoms with Gasteiger partial charge in [0.15, 0.2) is 0 Å². The van der Waals surface area contributed by atoms with Crippen molar-refractivity contribution in [1.82, 2.24) is 15.4 Å². The van der Waals surface area contributed by atoms with Crippen LogP contribution in [0, 0.1) is 5.92 Å². The van der Waals surface area contributed by atoms with E-state index in [1.165, 1.54) is 10.0 Å². The van der Waals surface area contributed by atoms with E-state index in [1.54, 1.807) is 0 Å². The van der Waals surface area contributed by atoms with Crippen LogP contribution in [-0.2, 0) is 22.7 Å². The largest absolute Gasteiger partial charge is 0.443 e. The molecule has 2 aromatic carbocycles. The number of nitrogens with two attached hydrogens (primary N) is 1. The molecule has 0 saturated heterocycles. The zero-order valence-corrected chi connectivity index (χ0v) is 16.4. The van der Waals surface area contributed by atoms with E-state index in [2.05, 4.69) is 5.43 Å². The van der Waals surface area contributed by atoms with Gasteiger partial charge in [-0.05, 0) is 17.0 Å². The number of rotatable bonds is 8. The van der Waals surface area contributed by atoms with Crippen molar-refractivity contribution in [2.45, 2.75) is 27.0 Å². The van der Waals surface area contributed by atoms with Crippen molar-refractivity contribution < 1.29 is 14.3 Å². The van der Waals surface area contributed by atoms with Gasteiger partial charge in [0.2, 0.25) is 0 Å². The smallest absolute Gasteiger partial charge is 0.429 e. The molecule has 2 rings (SSSR count). The van der Waals surface area contributed by atoms with E-state index in [4.69, 9.17) is 10.6 Å². The summed E-state index contributed by atoms with van der Waals surface area (Å²) < 4.78 is 5.32. The summed E-state index contributed by atoms with van der Waals surface area (Å²) in [4.78, 5) is 24.7. The van der Waals surface area contributed by atoms with Crippen molar-refractivity contribution in [2.75, 3.05) is 13.1 Å². The topological polar surface area (TPSA) is 87.9 Å². The second-order valence-corrected chi connectivity index (χ2v) is 6.97. The Labute approximate surface area is 166 Å². The zero-order chi connectivity index (χ0) is 20.4. The minimum atomic E-state index is -0.600. The molecular formula is C21H28N4O3. The number of benzene rings is 2. The fourth-order valence-electron chi connectivity index (χ4n) is 2.57. The molecule has 0 aliphatic heterocycles. The Hall–Kier alpha value is -2.90. The van der Waals surface area contributed by atoms with Gasteiger partial charge in [0.05, 0.1) is 6.54 Å². The van der Waals surface area contributed by atoms with Gasteiger partial charge >= 0.3 is 6.09 Å². The van der Waals surface area contributed by atoms with Crippen LogP contribution < -0.4 is 11.3 Å². The first kappa shape index (κ1) is 21.4. The maximum absolute atomic E-state index is 12.4. The Morgan fingerprint density at radius 3 is 2.14 bits per heavy atom. The number of amides is 2. The molecule has 2 amide bonds.